The number of benzene rings is 1. The minimum atomic E-state index is -1.56. The first-order valence-corrected chi connectivity index (χ1v) is 5.25. The molecule has 0 saturated carbocycles. The quantitative estimate of drug-likeness (QED) is 0.860. The van der Waals surface area contributed by atoms with Gasteiger partial charge in [0, 0.05) is 13.0 Å². The first-order valence-electron chi connectivity index (χ1n) is 5.25. The van der Waals surface area contributed by atoms with Crippen LogP contribution in [-0.2, 0) is 6.42 Å². The summed E-state index contributed by atoms with van der Waals surface area (Å²) in [6, 6.07) is 1.86. The smallest absolute Gasteiger partial charge is 0.229 e. The van der Waals surface area contributed by atoms with Crippen molar-refractivity contribution in [1.29, 1.82) is 0 Å². The SMILES string of the molecule is Cc1oc(-c2ccc(F)c(F)c2F)nc1CCO. The van der Waals surface area contributed by atoms with Gasteiger partial charge in [-0.05, 0) is 19.1 Å². The molecule has 0 atom stereocenters. The van der Waals surface area contributed by atoms with Gasteiger partial charge in [0.2, 0.25) is 5.89 Å². The third-order valence-corrected chi connectivity index (χ3v) is 2.51. The van der Waals surface area contributed by atoms with Crippen LogP contribution in [0.1, 0.15) is 11.5 Å². The summed E-state index contributed by atoms with van der Waals surface area (Å²) in [5.41, 5.74) is 0.206. The lowest BCUT2D eigenvalue weighted by Gasteiger charge is -2.00. The standard InChI is InChI=1S/C12H10F3NO2/c1-6-9(4-5-17)16-12(18-6)7-2-3-8(13)11(15)10(7)14/h2-3,17H,4-5H2,1H3. The number of oxazole rings is 1. The molecule has 1 N–H and O–H groups in total. The van der Waals surface area contributed by atoms with E-state index in [1.165, 1.54) is 0 Å². The first-order chi connectivity index (χ1) is 8.54. The van der Waals surface area contributed by atoms with Gasteiger partial charge >= 0.3 is 0 Å². The maximum Gasteiger partial charge on any atom is 0.229 e. The fraction of sp³-hybridized carbons (Fsp3) is 0.250. The van der Waals surface area contributed by atoms with Gasteiger partial charge in [-0.1, -0.05) is 0 Å². The lowest BCUT2D eigenvalue weighted by Crippen LogP contribution is -1.95. The van der Waals surface area contributed by atoms with Crippen LogP contribution in [0.4, 0.5) is 13.2 Å². The van der Waals surface area contributed by atoms with Gasteiger partial charge in [-0.25, -0.2) is 18.2 Å². The molecular formula is C12H10F3NO2. The van der Waals surface area contributed by atoms with Crippen molar-refractivity contribution >= 4 is 0 Å². The molecule has 1 aromatic carbocycles. The molecule has 0 aliphatic rings. The number of hydrogen-bond donors (Lipinski definition) is 1. The van der Waals surface area contributed by atoms with Gasteiger partial charge in [0.05, 0.1) is 11.3 Å². The highest BCUT2D eigenvalue weighted by molar-refractivity contribution is 5.55. The molecule has 0 aliphatic carbocycles. The molecule has 0 unspecified atom stereocenters. The van der Waals surface area contributed by atoms with Crippen molar-refractivity contribution in [3.63, 3.8) is 0 Å². The monoisotopic (exact) mass is 257 g/mol. The van der Waals surface area contributed by atoms with E-state index >= 15 is 0 Å². The van der Waals surface area contributed by atoms with Crippen LogP contribution in [0.2, 0.25) is 0 Å². The van der Waals surface area contributed by atoms with Gasteiger partial charge in [0.25, 0.3) is 0 Å². The Morgan fingerprint density at radius 1 is 1.22 bits per heavy atom. The van der Waals surface area contributed by atoms with E-state index in [4.69, 9.17) is 9.52 Å². The summed E-state index contributed by atoms with van der Waals surface area (Å²) in [5.74, 6) is -3.90. The highest BCUT2D eigenvalue weighted by Crippen LogP contribution is 2.27. The Hall–Kier alpha value is -1.82. The molecule has 0 radical (unpaired) electrons. The fourth-order valence-corrected chi connectivity index (χ4v) is 1.57. The third kappa shape index (κ3) is 2.11. The number of hydrogen-bond acceptors (Lipinski definition) is 3. The summed E-state index contributed by atoms with van der Waals surface area (Å²) in [6.45, 7) is 1.46. The average Bonchev–Trinajstić information content (AvgIpc) is 2.68. The van der Waals surface area contributed by atoms with Crippen LogP contribution in [0.25, 0.3) is 11.5 Å². The Morgan fingerprint density at radius 3 is 2.61 bits per heavy atom. The second-order valence-electron chi connectivity index (χ2n) is 3.72. The van der Waals surface area contributed by atoms with Crippen molar-refractivity contribution in [3.05, 3.63) is 41.0 Å². The molecule has 2 aromatic rings. The molecule has 96 valence electrons. The Morgan fingerprint density at radius 2 is 1.94 bits per heavy atom. The van der Waals surface area contributed by atoms with E-state index in [0.717, 1.165) is 12.1 Å². The molecule has 1 aromatic heterocycles. The average molecular weight is 257 g/mol. The number of aryl methyl sites for hydroxylation is 1. The van der Waals surface area contributed by atoms with Crippen LogP contribution >= 0.6 is 0 Å². The summed E-state index contributed by atoms with van der Waals surface area (Å²) in [5, 5.41) is 8.79. The molecule has 2 rings (SSSR count). The van der Waals surface area contributed by atoms with Crippen LogP contribution in [-0.4, -0.2) is 16.7 Å². The highest BCUT2D eigenvalue weighted by Gasteiger charge is 2.19. The number of aromatic nitrogens is 1. The van der Waals surface area contributed by atoms with E-state index in [-0.39, 0.29) is 24.5 Å². The van der Waals surface area contributed by atoms with E-state index in [9.17, 15) is 13.2 Å². The molecule has 0 bridgehead atoms. The van der Waals surface area contributed by atoms with E-state index in [1.54, 1.807) is 6.92 Å². The molecule has 0 aliphatic heterocycles. The topological polar surface area (TPSA) is 46.3 Å². The number of halogens is 3. The molecule has 0 spiro atoms. The Balaban J connectivity index is 2.49. The number of aliphatic hydroxyl groups excluding tert-OH is 1. The summed E-state index contributed by atoms with van der Waals surface area (Å²) in [4.78, 5) is 3.95. The van der Waals surface area contributed by atoms with Gasteiger partial charge in [-0.3, -0.25) is 0 Å². The minimum absolute atomic E-state index is 0.132. The summed E-state index contributed by atoms with van der Waals surface area (Å²) < 4.78 is 44.5. The maximum atomic E-state index is 13.5. The van der Waals surface area contributed by atoms with Crippen molar-refractivity contribution in [1.82, 2.24) is 4.98 Å². The lowest BCUT2D eigenvalue weighted by molar-refractivity contribution is 0.297. The van der Waals surface area contributed by atoms with E-state index in [2.05, 4.69) is 4.98 Å². The molecule has 0 fully saturated rings. The first kappa shape index (κ1) is 12.6. The zero-order valence-corrected chi connectivity index (χ0v) is 9.51. The van der Waals surface area contributed by atoms with E-state index < -0.39 is 17.5 Å². The van der Waals surface area contributed by atoms with Gasteiger partial charge < -0.3 is 9.52 Å². The number of rotatable bonds is 3. The Bertz CT molecular complexity index is 581. The van der Waals surface area contributed by atoms with Crippen molar-refractivity contribution in [2.45, 2.75) is 13.3 Å². The zero-order chi connectivity index (χ0) is 13.3. The Labute approximate surface area is 101 Å². The molecule has 0 saturated heterocycles. The largest absolute Gasteiger partial charge is 0.441 e. The van der Waals surface area contributed by atoms with Gasteiger partial charge in [-0.15, -0.1) is 0 Å². The second kappa shape index (κ2) is 4.81. The van der Waals surface area contributed by atoms with E-state index in [0.29, 0.717) is 11.5 Å². The van der Waals surface area contributed by atoms with Crippen molar-refractivity contribution in [2.75, 3.05) is 6.61 Å². The van der Waals surface area contributed by atoms with Gasteiger partial charge in [-0.2, -0.15) is 0 Å². The summed E-state index contributed by atoms with van der Waals surface area (Å²) >= 11 is 0. The highest BCUT2D eigenvalue weighted by atomic mass is 19.2. The molecule has 6 heteroatoms. The second-order valence-corrected chi connectivity index (χ2v) is 3.72. The van der Waals surface area contributed by atoms with Gasteiger partial charge in [0.15, 0.2) is 17.5 Å². The number of nitrogens with zero attached hydrogens (tertiary/aromatic N) is 1. The molecule has 0 amide bonds. The predicted octanol–water partition coefficient (Wildman–Crippen LogP) is 2.60. The van der Waals surface area contributed by atoms with Crippen molar-refractivity contribution < 1.29 is 22.7 Å². The van der Waals surface area contributed by atoms with Crippen molar-refractivity contribution in [3.8, 4) is 11.5 Å². The zero-order valence-electron chi connectivity index (χ0n) is 9.51. The van der Waals surface area contributed by atoms with E-state index in [1.807, 2.05) is 0 Å². The Kier molecular flexibility index (Phi) is 3.38. The summed E-state index contributed by atoms with van der Waals surface area (Å²) in [6.07, 6.45) is 0.251. The normalized spacial score (nSPS) is 10.9. The molecule has 3 nitrogen and oxygen atoms in total. The van der Waals surface area contributed by atoms with Crippen LogP contribution in [0.5, 0.6) is 0 Å². The molecular weight excluding hydrogens is 247 g/mol. The predicted molar refractivity (Wildman–Crippen MR) is 57.3 cm³/mol. The van der Waals surface area contributed by atoms with Crippen molar-refractivity contribution in [2.24, 2.45) is 0 Å². The molecule has 18 heavy (non-hydrogen) atoms. The third-order valence-electron chi connectivity index (χ3n) is 2.51. The molecule has 1 heterocycles. The number of aliphatic hydroxyl groups is 1. The minimum Gasteiger partial charge on any atom is -0.441 e. The summed E-state index contributed by atoms with van der Waals surface area (Å²) in [7, 11) is 0. The lowest BCUT2D eigenvalue weighted by atomic mass is 10.2. The maximum absolute atomic E-state index is 13.5. The van der Waals surface area contributed by atoms with Gasteiger partial charge in [0.1, 0.15) is 5.76 Å². The van der Waals surface area contributed by atoms with Crippen LogP contribution in [0.15, 0.2) is 16.5 Å². The fourth-order valence-electron chi connectivity index (χ4n) is 1.57. The van der Waals surface area contributed by atoms with Crippen LogP contribution in [0.3, 0.4) is 0 Å². The van der Waals surface area contributed by atoms with Crippen LogP contribution < -0.4 is 0 Å². The van der Waals surface area contributed by atoms with Crippen LogP contribution in [0, 0.1) is 24.4 Å².